The molecule has 2 amide bonds. The molecule has 0 aliphatic carbocycles. The SMILES string of the molecule is CN(C)C.O=C1CCCCCCCCCCCCCCCCC(=O)N1. The Hall–Kier alpha value is -0.900. The van der Waals surface area contributed by atoms with Gasteiger partial charge in [0.15, 0.2) is 0 Å². The van der Waals surface area contributed by atoms with Crippen LogP contribution < -0.4 is 5.32 Å². The normalized spacial score (nSPS) is 20.5. The van der Waals surface area contributed by atoms with Crippen LogP contribution in [0.25, 0.3) is 0 Å². The van der Waals surface area contributed by atoms with Crippen molar-refractivity contribution in [2.24, 2.45) is 0 Å². The smallest absolute Gasteiger partial charge is 0.226 e. The first kappa shape index (κ1) is 24.1. The summed E-state index contributed by atoms with van der Waals surface area (Å²) in [6, 6.07) is 0. The van der Waals surface area contributed by atoms with Gasteiger partial charge in [-0.3, -0.25) is 14.9 Å². The maximum atomic E-state index is 11.6. The first-order chi connectivity index (χ1) is 12.0. The molecule has 1 aliphatic heterocycles. The summed E-state index contributed by atoms with van der Waals surface area (Å²) in [6.07, 6.45) is 18.3. The van der Waals surface area contributed by atoms with Crippen molar-refractivity contribution in [2.45, 2.75) is 103 Å². The summed E-state index contributed by atoms with van der Waals surface area (Å²) in [7, 11) is 6.00. The zero-order valence-corrected chi connectivity index (χ0v) is 17.1. The maximum Gasteiger partial charge on any atom is 0.226 e. The van der Waals surface area contributed by atoms with E-state index >= 15 is 0 Å². The summed E-state index contributed by atoms with van der Waals surface area (Å²) in [5.74, 6) is -0.171. The number of amides is 2. The predicted octanol–water partition coefficient (Wildman–Crippen LogP) is 5.06. The Bertz CT molecular complexity index is 299. The molecule has 1 saturated heterocycles. The van der Waals surface area contributed by atoms with Crippen molar-refractivity contribution < 1.29 is 9.59 Å². The molecule has 25 heavy (non-hydrogen) atoms. The van der Waals surface area contributed by atoms with E-state index in [0.717, 1.165) is 25.7 Å². The molecule has 1 rings (SSSR count). The van der Waals surface area contributed by atoms with Gasteiger partial charge in [-0.2, -0.15) is 0 Å². The van der Waals surface area contributed by atoms with Crippen molar-refractivity contribution in [3.05, 3.63) is 0 Å². The van der Waals surface area contributed by atoms with Crippen LogP contribution in [0.15, 0.2) is 0 Å². The second kappa shape index (κ2) is 17.9. The van der Waals surface area contributed by atoms with Crippen molar-refractivity contribution in [1.29, 1.82) is 0 Å². The highest BCUT2D eigenvalue weighted by molar-refractivity contribution is 5.95. The van der Waals surface area contributed by atoms with E-state index in [9.17, 15) is 9.59 Å². The molecule has 4 nitrogen and oxygen atoms in total. The van der Waals surface area contributed by atoms with Crippen LogP contribution in [0, 0.1) is 0 Å². The topological polar surface area (TPSA) is 49.4 Å². The van der Waals surface area contributed by atoms with Crippen LogP contribution in [0.2, 0.25) is 0 Å². The van der Waals surface area contributed by atoms with Crippen molar-refractivity contribution in [1.82, 2.24) is 10.2 Å². The number of hydrogen-bond acceptors (Lipinski definition) is 3. The minimum absolute atomic E-state index is 0.0853. The van der Waals surface area contributed by atoms with Gasteiger partial charge in [-0.05, 0) is 34.0 Å². The molecule has 0 unspecified atom stereocenters. The van der Waals surface area contributed by atoms with Gasteiger partial charge in [0.1, 0.15) is 0 Å². The van der Waals surface area contributed by atoms with Gasteiger partial charge in [0.25, 0.3) is 0 Å². The lowest BCUT2D eigenvalue weighted by Gasteiger charge is -2.04. The molecule has 0 spiro atoms. The molecular weight excluding hydrogens is 312 g/mol. The Morgan fingerprint density at radius 1 is 0.520 bits per heavy atom. The number of carbonyl (C=O) groups excluding carboxylic acids is 2. The fraction of sp³-hybridized carbons (Fsp3) is 0.905. The van der Waals surface area contributed by atoms with E-state index in [1.165, 1.54) is 64.2 Å². The van der Waals surface area contributed by atoms with Gasteiger partial charge >= 0.3 is 0 Å². The molecule has 1 fully saturated rings. The molecule has 4 heteroatoms. The Kier molecular flexibility index (Phi) is 17.3. The van der Waals surface area contributed by atoms with Gasteiger partial charge in [-0.1, -0.05) is 77.0 Å². The third-order valence-corrected chi connectivity index (χ3v) is 4.34. The summed E-state index contributed by atoms with van der Waals surface area (Å²) in [6.45, 7) is 0. The molecule has 0 radical (unpaired) electrons. The van der Waals surface area contributed by atoms with Crippen LogP contribution in [0.4, 0.5) is 0 Å². The number of hydrogen-bond donors (Lipinski definition) is 1. The maximum absolute atomic E-state index is 11.6. The van der Waals surface area contributed by atoms with Gasteiger partial charge < -0.3 is 4.90 Å². The van der Waals surface area contributed by atoms with E-state index < -0.39 is 0 Å². The fourth-order valence-electron chi connectivity index (χ4n) is 2.97. The van der Waals surface area contributed by atoms with Crippen LogP contribution in [0.5, 0.6) is 0 Å². The number of nitrogens with one attached hydrogen (secondary N) is 1. The molecule has 0 bridgehead atoms. The standard InChI is InChI=1S/C18H33NO2.C3H9N/c20-17-15-13-11-9-7-5-3-1-2-4-6-8-10-12-14-16-18(21)19-17;1-4(2)3/h1-16H2,(H,19,20,21);1-3H3. The molecule has 0 saturated carbocycles. The van der Waals surface area contributed by atoms with Crippen LogP contribution in [0.3, 0.4) is 0 Å². The lowest BCUT2D eigenvalue weighted by Crippen LogP contribution is -2.29. The Morgan fingerprint density at radius 3 is 0.960 bits per heavy atom. The van der Waals surface area contributed by atoms with Crippen molar-refractivity contribution in [2.75, 3.05) is 21.1 Å². The fourth-order valence-corrected chi connectivity index (χ4v) is 2.97. The van der Waals surface area contributed by atoms with Crippen molar-refractivity contribution in [3.63, 3.8) is 0 Å². The van der Waals surface area contributed by atoms with Crippen LogP contribution >= 0.6 is 0 Å². The van der Waals surface area contributed by atoms with Gasteiger partial charge in [0.05, 0.1) is 0 Å². The second-order valence-electron chi connectivity index (χ2n) is 7.76. The summed E-state index contributed by atoms with van der Waals surface area (Å²) in [5.41, 5.74) is 0. The molecule has 0 aromatic rings. The first-order valence-corrected chi connectivity index (χ1v) is 10.5. The molecule has 1 heterocycles. The highest BCUT2D eigenvalue weighted by Gasteiger charge is 2.07. The predicted molar refractivity (Wildman–Crippen MR) is 107 cm³/mol. The van der Waals surface area contributed by atoms with E-state index in [2.05, 4.69) is 5.32 Å². The number of imide groups is 1. The molecule has 0 aromatic heterocycles. The zero-order valence-electron chi connectivity index (χ0n) is 17.1. The Balaban J connectivity index is 0.00000129. The first-order valence-electron chi connectivity index (χ1n) is 10.5. The van der Waals surface area contributed by atoms with Crippen LogP contribution in [-0.2, 0) is 9.59 Å². The molecule has 148 valence electrons. The second-order valence-corrected chi connectivity index (χ2v) is 7.76. The van der Waals surface area contributed by atoms with Gasteiger partial charge in [-0.15, -0.1) is 0 Å². The van der Waals surface area contributed by atoms with Crippen molar-refractivity contribution >= 4 is 11.8 Å². The quantitative estimate of drug-likeness (QED) is 0.618. The molecular formula is C21H42N2O2. The van der Waals surface area contributed by atoms with E-state index in [1.807, 2.05) is 26.0 Å². The number of rotatable bonds is 0. The average molecular weight is 355 g/mol. The molecule has 0 atom stereocenters. The highest BCUT2D eigenvalue weighted by Crippen LogP contribution is 2.14. The van der Waals surface area contributed by atoms with Crippen LogP contribution in [0.1, 0.15) is 103 Å². The van der Waals surface area contributed by atoms with Gasteiger partial charge in [0, 0.05) is 12.8 Å². The largest absolute Gasteiger partial charge is 0.312 e. The Morgan fingerprint density at radius 2 is 0.720 bits per heavy atom. The number of nitrogens with zero attached hydrogens (tertiary/aromatic N) is 1. The molecule has 0 aromatic carbocycles. The lowest BCUT2D eigenvalue weighted by atomic mass is 10.0. The van der Waals surface area contributed by atoms with Crippen LogP contribution in [-0.4, -0.2) is 37.9 Å². The van der Waals surface area contributed by atoms with Gasteiger partial charge in [-0.25, -0.2) is 0 Å². The summed E-state index contributed by atoms with van der Waals surface area (Å²) in [5, 5.41) is 2.52. The van der Waals surface area contributed by atoms with Crippen molar-refractivity contribution in [3.8, 4) is 0 Å². The zero-order chi connectivity index (χ0) is 18.8. The summed E-state index contributed by atoms with van der Waals surface area (Å²) in [4.78, 5) is 25.2. The highest BCUT2D eigenvalue weighted by atomic mass is 16.2. The average Bonchev–Trinajstić information content (AvgIpc) is 2.53. The number of carbonyl (C=O) groups is 2. The van der Waals surface area contributed by atoms with Gasteiger partial charge in [0.2, 0.25) is 11.8 Å². The minimum atomic E-state index is -0.0853. The third kappa shape index (κ3) is 21.1. The molecule has 1 N–H and O–H groups in total. The van der Waals surface area contributed by atoms with E-state index in [-0.39, 0.29) is 11.8 Å². The minimum Gasteiger partial charge on any atom is -0.312 e. The Labute approximate surface area is 156 Å². The lowest BCUT2D eigenvalue weighted by molar-refractivity contribution is -0.130. The van der Waals surface area contributed by atoms with E-state index in [0.29, 0.717) is 12.8 Å². The monoisotopic (exact) mass is 354 g/mol. The van der Waals surface area contributed by atoms with E-state index in [1.54, 1.807) is 0 Å². The van der Waals surface area contributed by atoms with E-state index in [4.69, 9.17) is 0 Å². The summed E-state index contributed by atoms with van der Waals surface area (Å²) < 4.78 is 0. The summed E-state index contributed by atoms with van der Waals surface area (Å²) >= 11 is 0. The molecule has 1 aliphatic rings. The third-order valence-electron chi connectivity index (χ3n) is 4.34.